The number of carbonyl (C=O) groups is 1. The first kappa shape index (κ1) is 16.2. The summed E-state index contributed by atoms with van der Waals surface area (Å²) in [5.74, 6) is -0.144. The maximum absolute atomic E-state index is 12.6. The fourth-order valence-electron chi connectivity index (χ4n) is 3.17. The van der Waals surface area contributed by atoms with Gasteiger partial charge >= 0.3 is 0 Å². The van der Waals surface area contributed by atoms with Crippen molar-refractivity contribution in [3.8, 4) is 0 Å². The van der Waals surface area contributed by atoms with Gasteiger partial charge in [-0.15, -0.1) is 0 Å². The summed E-state index contributed by atoms with van der Waals surface area (Å²) in [4.78, 5) is 23.1. The predicted octanol–water partition coefficient (Wildman–Crippen LogP) is 3.84. The first-order valence-electron chi connectivity index (χ1n) is 8.12. The highest BCUT2D eigenvalue weighted by molar-refractivity contribution is 5.96. The van der Waals surface area contributed by atoms with Gasteiger partial charge in [0.15, 0.2) is 0 Å². The van der Waals surface area contributed by atoms with Gasteiger partial charge in [-0.1, -0.05) is 12.1 Å². The van der Waals surface area contributed by atoms with E-state index in [2.05, 4.69) is 9.88 Å². The largest absolute Gasteiger partial charge is 0.345 e. The van der Waals surface area contributed by atoms with Gasteiger partial charge in [0, 0.05) is 29.6 Å². The summed E-state index contributed by atoms with van der Waals surface area (Å²) in [6.07, 6.45) is 2.34. The average molecular weight is 327 g/mol. The molecule has 0 aliphatic heterocycles. The Bertz CT molecular complexity index is 806. The van der Waals surface area contributed by atoms with Crippen LogP contribution in [0.5, 0.6) is 0 Å². The number of hydrogen-bond donors (Lipinski definition) is 1. The Balaban J connectivity index is 1.78. The minimum absolute atomic E-state index is 0.0283. The first-order chi connectivity index (χ1) is 11.4. The van der Waals surface area contributed by atoms with E-state index in [0.717, 1.165) is 11.4 Å². The van der Waals surface area contributed by atoms with Crippen molar-refractivity contribution in [2.24, 2.45) is 0 Å². The van der Waals surface area contributed by atoms with Gasteiger partial charge in [-0.05, 0) is 45.2 Å². The molecule has 1 fully saturated rings. The quantitative estimate of drug-likeness (QED) is 0.669. The predicted molar refractivity (Wildman–Crippen MR) is 91.2 cm³/mol. The van der Waals surface area contributed by atoms with Crippen molar-refractivity contribution in [3.05, 3.63) is 63.0 Å². The summed E-state index contributed by atoms with van der Waals surface area (Å²) >= 11 is 0. The van der Waals surface area contributed by atoms with Crippen molar-refractivity contribution < 1.29 is 9.72 Å². The van der Waals surface area contributed by atoms with Crippen LogP contribution in [0.3, 0.4) is 0 Å². The van der Waals surface area contributed by atoms with Crippen molar-refractivity contribution in [3.63, 3.8) is 0 Å². The highest BCUT2D eigenvalue weighted by atomic mass is 16.6. The molecule has 0 bridgehead atoms. The molecule has 2 aromatic rings. The van der Waals surface area contributed by atoms with Crippen LogP contribution in [0, 0.1) is 24.0 Å². The van der Waals surface area contributed by atoms with E-state index in [4.69, 9.17) is 0 Å². The third kappa shape index (κ3) is 3.04. The fraction of sp³-hybridized carbons (Fsp3) is 0.389. The first-order valence-corrected chi connectivity index (χ1v) is 8.12. The minimum atomic E-state index is -0.429. The van der Waals surface area contributed by atoms with Gasteiger partial charge in [0.1, 0.15) is 0 Å². The molecule has 1 heterocycles. The second-order valence-corrected chi connectivity index (χ2v) is 6.43. The molecule has 1 aliphatic carbocycles. The molecule has 1 aromatic heterocycles. The van der Waals surface area contributed by atoms with Gasteiger partial charge in [-0.25, -0.2) is 0 Å². The van der Waals surface area contributed by atoms with E-state index in [1.54, 1.807) is 12.1 Å². The number of carbonyl (C=O) groups excluding carboxylic acids is 1. The van der Waals surface area contributed by atoms with E-state index in [1.807, 2.05) is 26.8 Å². The molecule has 3 rings (SSSR count). The Morgan fingerprint density at radius 3 is 2.67 bits per heavy atom. The van der Waals surface area contributed by atoms with Crippen molar-refractivity contribution >= 4 is 11.6 Å². The van der Waals surface area contributed by atoms with Crippen LogP contribution < -0.4 is 5.32 Å². The van der Waals surface area contributed by atoms with Gasteiger partial charge in [-0.3, -0.25) is 14.9 Å². The molecule has 126 valence electrons. The molecule has 0 radical (unpaired) electrons. The lowest BCUT2D eigenvalue weighted by Crippen LogP contribution is -2.27. The monoisotopic (exact) mass is 327 g/mol. The molecule has 0 unspecified atom stereocenters. The Morgan fingerprint density at radius 2 is 2.04 bits per heavy atom. The number of nitrogens with zero attached hydrogens (tertiary/aromatic N) is 2. The molecule has 1 atom stereocenters. The average Bonchev–Trinajstić information content (AvgIpc) is 3.32. The van der Waals surface area contributed by atoms with Crippen molar-refractivity contribution in [2.75, 3.05) is 0 Å². The zero-order valence-corrected chi connectivity index (χ0v) is 14.1. The standard InChI is InChI=1S/C18H21N3O3/c1-11-9-17(13(3)20(11)15-7-8-15)18(22)19-12(2)14-5-4-6-16(10-14)21(23)24/h4-6,9-10,12,15H,7-8H2,1-3H3,(H,19,22)/t12-/m0/s1. The summed E-state index contributed by atoms with van der Waals surface area (Å²) in [5, 5.41) is 13.8. The smallest absolute Gasteiger partial charge is 0.269 e. The zero-order chi connectivity index (χ0) is 17.4. The van der Waals surface area contributed by atoms with Gasteiger partial charge in [-0.2, -0.15) is 0 Å². The van der Waals surface area contributed by atoms with Gasteiger partial charge in [0.2, 0.25) is 0 Å². The lowest BCUT2D eigenvalue weighted by atomic mass is 10.1. The number of aryl methyl sites for hydroxylation is 1. The summed E-state index contributed by atoms with van der Waals surface area (Å²) in [6.45, 7) is 5.82. The maximum Gasteiger partial charge on any atom is 0.269 e. The molecule has 1 aliphatic rings. The Kier molecular flexibility index (Phi) is 4.13. The number of rotatable bonds is 5. The van der Waals surface area contributed by atoms with Gasteiger partial charge in [0.25, 0.3) is 11.6 Å². The normalized spacial score (nSPS) is 15.1. The Morgan fingerprint density at radius 1 is 1.33 bits per heavy atom. The minimum Gasteiger partial charge on any atom is -0.345 e. The van der Waals surface area contributed by atoms with Crippen molar-refractivity contribution in [1.82, 2.24) is 9.88 Å². The summed E-state index contributed by atoms with van der Waals surface area (Å²) in [5.41, 5.74) is 3.51. The van der Waals surface area contributed by atoms with Crippen LogP contribution in [0.25, 0.3) is 0 Å². The number of nitro benzene ring substituents is 1. The van der Waals surface area contributed by atoms with Crippen LogP contribution in [0.1, 0.15) is 59.2 Å². The number of nitro groups is 1. The fourth-order valence-corrected chi connectivity index (χ4v) is 3.17. The van der Waals surface area contributed by atoms with Crippen LogP contribution >= 0.6 is 0 Å². The molecule has 6 nitrogen and oxygen atoms in total. The topological polar surface area (TPSA) is 77.2 Å². The second kappa shape index (κ2) is 6.11. The van der Waals surface area contributed by atoms with E-state index in [0.29, 0.717) is 17.2 Å². The number of non-ortho nitro benzene ring substituents is 1. The van der Waals surface area contributed by atoms with E-state index in [9.17, 15) is 14.9 Å². The lowest BCUT2D eigenvalue weighted by Gasteiger charge is -2.14. The molecular formula is C18H21N3O3. The third-order valence-electron chi connectivity index (χ3n) is 4.57. The van der Waals surface area contributed by atoms with Crippen LogP contribution in [-0.4, -0.2) is 15.4 Å². The number of nitrogens with one attached hydrogen (secondary N) is 1. The molecular weight excluding hydrogens is 306 g/mol. The highest BCUT2D eigenvalue weighted by Crippen LogP contribution is 2.38. The Labute approximate surface area is 140 Å². The SMILES string of the molecule is Cc1cc(C(=O)N[C@@H](C)c2cccc([N+](=O)[O-])c2)c(C)n1C1CC1. The van der Waals surface area contributed by atoms with Gasteiger partial charge in [0.05, 0.1) is 16.5 Å². The second-order valence-electron chi connectivity index (χ2n) is 6.43. The lowest BCUT2D eigenvalue weighted by molar-refractivity contribution is -0.384. The number of aromatic nitrogens is 1. The summed E-state index contributed by atoms with van der Waals surface area (Å²) < 4.78 is 2.23. The number of hydrogen-bond acceptors (Lipinski definition) is 3. The summed E-state index contributed by atoms with van der Waals surface area (Å²) in [7, 11) is 0. The van der Waals surface area contributed by atoms with Crippen LogP contribution in [0.4, 0.5) is 5.69 Å². The Hall–Kier alpha value is -2.63. The molecule has 1 N–H and O–H groups in total. The van der Waals surface area contributed by atoms with Gasteiger partial charge < -0.3 is 9.88 Å². The van der Waals surface area contributed by atoms with E-state index in [1.165, 1.54) is 25.0 Å². The van der Waals surface area contributed by atoms with E-state index >= 15 is 0 Å². The molecule has 6 heteroatoms. The van der Waals surface area contributed by atoms with Crippen molar-refractivity contribution in [1.29, 1.82) is 0 Å². The third-order valence-corrected chi connectivity index (χ3v) is 4.57. The highest BCUT2D eigenvalue weighted by Gasteiger charge is 2.28. The van der Waals surface area contributed by atoms with E-state index < -0.39 is 4.92 Å². The molecule has 0 spiro atoms. The molecule has 24 heavy (non-hydrogen) atoms. The maximum atomic E-state index is 12.6. The number of benzene rings is 1. The molecule has 0 saturated heterocycles. The van der Waals surface area contributed by atoms with Crippen LogP contribution in [0.2, 0.25) is 0 Å². The van der Waals surface area contributed by atoms with Crippen molar-refractivity contribution in [2.45, 2.75) is 45.7 Å². The van der Waals surface area contributed by atoms with Crippen LogP contribution in [0.15, 0.2) is 30.3 Å². The number of amides is 1. The molecule has 1 aromatic carbocycles. The molecule has 1 saturated carbocycles. The van der Waals surface area contributed by atoms with Crippen LogP contribution in [-0.2, 0) is 0 Å². The molecule has 1 amide bonds. The summed E-state index contributed by atoms with van der Waals surface area (Å²) in [6, 6.07) is 8.51. The zero-order valence-electron chi connectivity index (χ0n) is 14.1. The van der Waals surface area contributed by atoms with E-state index in [-0.39, 0.29) is 17.6 Å².